The molecule has 0 radical (unpaired) electrons. The van der Waals surface area contributed by atoms with Crippen molar-refractivity contribution >= 4 is 5.78 Å². The average molecular weight is 250 g/mol. The summed E-state index contributed by atoms with van der Waals surface area (Å²) in [6.07, 6.45) is 10.4. The van der Waals surface area contributed by atoms with Gasteiger partial charge in [0, 0.05) is 10.8 Å². The molecule has 0 N–H and O–H groups in total. The summed E-state index contributed by atoms with van der Waals surface area (Å²) in [4.78, 5) is 13.1. The Morgan fingerprint density at radius 2 is 1.00 bits per heavy atom. The zero-order valence-corrected chi connectivity index (χ0v) is 12.7. The summed E-state index contributed by atoms with van der Waals surface area (Å²) < 4.78 is 0. The second-order valence-electron chi connectivity index (χ2n) is 7.74. The lowest BCUT2D eigenvalue weighted by Gasteiger charge is -2.40. The molecule has 18 heavy (non-hydrogen) atoms. The molecule has 2 aliphatic carbocycles. The summed E-state index contributed by atoms with van der Waals surface area (Å²) in [6.45, 7) is 8.84. The van der Waals surface area contributed by atoms with Gasteiger partial charge in [0.15, 0.2) is 0 Å². The predicted molar refractivity (Wildman–Crippen MR) is 76.5 cm³/mol. The number of hydrogen-bond donors (Lipinski definition) is 0. The van der Waals surface area contributed by atoms with E-state index in [0.29, 0.717) is 17.6 Å². The number of rotatable bonds is 4. The zero-order valence-electron chi connectivity index (χ0n) is 12.7. The minimum absolute atomic E-state index is 0.109. The third-order valence-electron chi connectivity index (χ3n) is 5.92. The molecule has 0 aromatic rings. The average Bonchev–Trinajstić information content (AvgIpc) is 3.00. The van der Waals surface area contributed by atoms with Gasteiger partial charge in [-0.05, 0) is 37.5 Å². The van der Waals surface area contributed by atoms with Crippen molar-refractivity contribution in [1.29, 1.82) is 0 Å². The number of carbonyl (C=O) groups is 1. The maximum Gasteiger partial charge on any atom is 0.144 e. The molecule has 0 aromatic heterocycles. The van der Waals surface area contributed by atoms with Crippen LogP contribution in [0.25, 0.3) is 0 Å². The van der Waals surface area contributed by atoms with E-state index in [9.17, 15) is 4.79 Å². The van der Waals surface area contributed by atoms with Gasteiger partial charge < -0.3 is 0 Å². The van der Waals surface area contributed by atoms with Gasteiger partial charge in [0.05, 0.1) is 0 Å². The van der Waals surface area contributed by atoms with Gasteiger partial charge in [0.2, 0.25) is 0 Å². The van der Waals surface area contributed by atoms with Gasteiger partial charge in [0.25, 0.3) is 0 Å². The molecule has 104 valence electrons. The van der Waals surface area contributed by atoms with Crippen molar-refractivity contribution in [2.75, 3.05) is 0 Å². The highest BCUT2D eigenvalue weighted by molar-refractivity contribution is 5.89. The smallest absolute Gasteiger partial charge is 0.144 e. The Morgan fingerprint density at radius 3 is 1.28 bits per heavy atom. The standard InChI is InChI=1S/C17H30O/c1-16(2,13-9-5-6-10-13)15(18)17(3,4)14-11-7-8-12-14/h13-14H,5-12H2,1-4H3. The molecule has 0 saturated heterocycles. The molecular weight excluding hydrogens is 220 g/mol. The van der Waals surface area contributed by atoms with Crippen LogP contribution in [0.15, 0.2) is 0 Å². The fraction of sp³-hybridized carbons (Fsp3) is 0.941. The van der Waals surface area contributed by atoms with E-state index in [1.54, 1.807) is 0 Å². The largest absolute Gasteiger partial charge is 0.298 e. The summed E-state index contributed by atoms with van der Waals surface area (Å²) in [5.41, 5.74) is -0.217. The van der Waals surface area contributed by atoms with Gasteiger partial charge in [-0.3, -0.25) is 4.79 Å². The van der Waals surface area contributed by atoms with Crippen molar-refractivity contribution in [3.63, 3.8) is 0 Å². The molecule has 2 fully saturated rings. The van der Waals surface area contributed by atoms with E-state index >= 15 is 0 Å². The van der Waals surface area contributed by atoms with Crippen LogP contribution in [-0.4, -0.2) is 5.78 Å². The third-order valence-corrected chi connectivity index (χ3v) is 5.92. The van der Waals surface area contributed by atoms with Crippen molar-refractivity contribution in [1.82, 2.24) is 0 Å². The van der Waals surface area contributed by atoms with Crippen LogP contribution in [0.5, 0.6) is 0 Å². The fourth-order valence-electron chi connectivity index (χ4n) is 4.50. The highest BCUT2D eigenvalue weighted by atomic mass is 16.1. The van der Waals surface area contributed by atoms with Crippen LogP contribution in [0, 0.1) is 22.7 Å². The first-order valence-electron chi connectivity index (χ1n) is 7.91. The molecule has 0 bridgehead atoms. The molecule has 1 heteroatoms. The van der Waals surface area contributed by atoms with Crippen molar-refractivity contribution in [3.8, 4) is 0 Å². The number of carbonyl (C=O) groups excluding carboxylic acids is 1. The molecule has 0 aliphatic heterocycles. The summed E-state index contributed by atoms with van der Waals surface area (Å²) in [5, 5.41) is 0. The van der Waals surface area contributed by atoms with Gasteiger partial charge in [-0.2, -0.15) is 0 Å². The van der Waals surface area contributed by atoms with Crippen molar-refractivity contribution in [3.05, 3.63) is 0 Å². The molecular formula is C17H30O. The minimum atomic E-state index is -0.109. The number of ketones is 1. The Morgan fingerprint density at radius 1 is 0.722 bits per heavy atom. The molecule has 1 nitrogen and oxygen atoms in total. The zero-order chi connectivity index (χ0) is 13.4. The second kappa shape index (κ2) is 4.98. The van der Waals surface area contributed by atoms with Gasteiger partial charge in [-0.1, -0.05) is 53.4 Å². The van der Waals surface area contributed by atoms with Gasteiger partial charge in [0.1, 0.15) is 5.78 Å². The van der Waals surface area contributed by atoms with E-state index in [1.165, 1.54) is 51.4 Å². The second-order valence-corrected chi connectivity index (χ2v) is 7.74. The summed E-state index contributed by atoms with van der Waals surface area (Å²) >= 11 is 0. The van der Waals surface area contributed by atoms with Crippen LogP contribution in [-0.2, 0) is 4.79 Å². The van der Waals surface area contributed by atoms with E-state index in [1.807, 2.05) is 0 Å². The molecule has 2 aliphatic rings. The summed E-state index contributed by atoms with van der Waals surface area (Å²) in [7, 11) is 0. The molecule has 0 heterocycles. The summed E-state index contributed by atoms with van der Waals surface area (Å²) in [5.74, 6) is 1.80. The Labute approximate surface area is 113 Å². The van der Waals surface area contributed by atoms with Gasteiger partial charge in [-0.25, -0.2) is 0 Å². The van der Waals surface area contributed by atoms with Crippen LogP contribution in [0.3, 0.4) is 0 Å². The lowest BCUT2D eigenvalue weighted by atomic mass is 9.62. The van der Waals surface area contributed by atoms with Crippen molar-refractivity contribution in [2.24, 2.45) is 22.7 Å². The van der Waals surface area contributed by atoms with E-state index < -0.39 is 0 Å². The Bertz CT molecular complexity index is 272. The number of hydrogen-bond acceptors (Lipinski definition) is 1. The predicted octanol–water partition coefficient (Wildman–Crippen LogP) is 4.99. The maximum absolute atomic E-state index is 13.1. The van der Waals surface area contributed by atoms with Crippen molar-refractivity contribution in [2.45, 2.75) is 79.1 Å². The van der Waals surface area contributed by atoms with Crippen LogP contribution >= 0.6 is 0 Å². The van der Waals surface area contributed by atoms with Crippen molar-refractivity contribution < 1.29 is 4.79 Å². The normalized spacial score (nSPS) is 23.8. The van der Waals surface area contributed by atoms with E-state index in [2.05, 4.69) is 27.7 Å². The maximum atomic E-state index is 13.1. The topological polar surface area (TPSA) is 17.1 Å². The van der Waals surface area contributed by atoms with Crippen LogP contribution in [0.4, 0.5) is 0 Å². The third kappa shape index (κ3) is 2.38. The quantitative estimate of drug-likeness (QED) is 0.687. The number of Topliss-reactive ketones (excluding diaryl/α,β-unsaturated/α-hetero) is 1. The Balaban J connectivity index is 2.12. The monoisotopic (exact) mass is 250 g/mol. The van der Waals surface area contributed by atoms with E-state index in [4.69, 9.17) is 0 Å². The molecule has 0 spiro atoms. The fourth-order valence-corrected chi connectivity index (χ4v) is 4.50. The lowest BCUT2D eigenvalue weighted by Crippen LogP contribution is -2.44. The highest BCUT2D eigenvalue weighted by Crippen LogP contribution is 2.48. The van der Waals surface area contributed by atoms with Crippen LogP contribution in [0.2, 0.25) is 0 Å². The molecule has 0 unspecified atom stereocenters. The SMILES string of the molecule is CC(C)(C(=O)C(C)(C)C1CCCC1)C1CCCC1. The Kier molecular flexibility index (Phi) is 3.90. The van der Waals surface area contributed by atoms with Crippen LogP contribution < -0.4 is 0 Å². The molecule has 0 aromatic carbocycles. The minimum Gasteiger partial charge on any atom is -0.298 e. The highest BCUT2D eigenvalue weighted by Gasteiger charge is 2.47. The first-order valence-corrected chi connectivity index (χ1v) is 7.91. The lowest BCUT2D eigenvalue weighted by molar-refractivity contribution is -0.141. The molecule has 0 atom stereocenters. The summed E-state index contributed by atoms with van der Waals surface area (Å²) in [6, 6.07) is 0. The molecule has 2 saturated carbocycles. The molecule has 2 rings (SSSR count). The Hall–Kier alpha value is -0.330. The first-order chi connectivity index (χ1) is 8.37. The van der Waals surface area contributed by atoms with E-state index in [0.717, 1.165) is 0 Å². The van der Waals surface area contributed by atoms with Gasteiger partial charge >= 0.3 is 0 Å². The van der Waals surface area contributed by atoms with E-state index in [-0.39, 0.29) is 10.8 Å². The van der Waals surface area contributed by atoms with Gasteiger partial charge in [-0.15, -0.1) is 0 Å². The van der Waals surface area contributed by atoms with Crippen LogP contribution in [0.1, 0.15) is 79.1 Å². The molecule has 0 amide bonds. The first kappa shape index (κ1) is 14.1.